The molecule has 0 aromatic heterocycles. The van der Waals surface area contributed by atoms with E-state index in [-0.39, 0.29) is 17.4 Å². The molecule has 0 N–H and O–H groups in total. The van der Waals surface area contributed by atoms with Crippen LogP contribution >= 0.6 is 11.6 Å². The van der Waals surface area contributed by atoms with Gasteiger partial charge in [-0.25, -0.2) is 8.78 Å². The Morgan fingerprint density at radius 1 is 1.12 bits per heavy atom. The lowest BCUT2D eigenvalue weighted by Gasteiger charge is -2.19. The molecule has 0 spiro atoms. The number of halogens is 3. The van der Waals surface area contributed by atoms with E-state index in [2.05, 4.69) is 0 Å². The van der Waals surface area contributed by atoms with Crippen LogP contribution in [-0.2, 0) is 6.42 Å². The van der Waals surface area contributed by atoms with Crippen LogP contribution in [-0.4, -0.2) is 5.38 Å². The van der Waals surface area contributed by atoms with Gasteiger partial charge in [-0.15, -0.1) is 11.6 Å². The number of hydrogen-bond donors (Lipinski definition) is 0. The molecule has 90 valence electrons. The summed E-state index contributed by atoms with van der Waals surface area (Å²) in [6.07, 6.45) is 2.12. The summed E-state index contributed by atoms with van der Waals surface area (Å²) in [7, 11) is 0. The zero-order valence-electron chi connectivity index (χ0n) is 9.64. The maximum Gasteiger partial charge on any atom is 0.129 e. The molecule has 0 amide bonds. The lowest BCUT2D eigenvalue weighted by molar-refractivity contribution is 0.451. The van der Waals surface area contributed by atoms with Gasteiger partial charge in [0.1, 0.15) is 11.6 Å². The quantitative estimate of drug-likeness (QED) is 0.669. The standard InChI is InChI=1S/C13H17ClF2/c1-3-9(4-2)11(14)8-10-12(15)6-5-7-13(10)16/h5-7,9,11H,3-4,8H2,1-2H3. The van der Waals surface area contributed by atoms with E-state index in [9.17, 15) is 8.78 Å². The van der Waals surface area contributed by atoms with Crippen molar-refractivity contribution in [3.05, 3.63) is 35.4 Å². The van der Waals surface area contributed by atoms with Gasteiger partial charge in [0.25, 0.3) is 0 Å². The minimum absolute atomic E-state index is 0.106. The van der Waals surface area contributed by atoms with Crippen molar-refractivity contribution in [1.29, 1.82) is 0 Å². The number of rotatable bonds is 5. The van der Waals surface area contributed by atoms with Gasteiger partial charge >= 0.3 is 0 Å². The summed E-state index contributed by atoms with van der Waals surface area (Å²) in [5, 5.41) is -0.207. The van der Waals surface area contributed by atoms with Gasteiger partial charge in [-0.05, 0) is 24.5 Å². The van der Waals surface area contributed by atoms with Gasteiger partial charge in [-0.1, -0.05) is 32.8 Å². The molecule has 1 atom stereocenters. The smallest absolute Gasteiger partial charge is 0.129 e. The average Bonchev–Trinajstić information content (AvgIpc) is 2.25. The Kier molecular flexibility index (Phi) is 5.20. The molecule has 3 heteroatoms. The monoisotopic (exact) mass is 246 g/mol. The van der Waals surface area contributed by atoms with Crippen LogP contribution in [0.3, 0.4) is 0 Å². The van der Waals surface area contributed by atoms with Gasteiger partial charge in [0.2, 0.25) is 0 Å². The first-order valence-electron chi connectivity index (χ1n) is 5.67. The average molecular weight is 247 g/mol. The Morgan fingerprint density at radius 3 is 2.06 bits per heavy atom. The normalized spacial score (nSPS) is 13.1. The van der Waals surface area contributed by atoms with Crippen molar-refractivity contribution < 1.29 is 8.78 Å². The molecule has 16 heavy (non-hydrogen) atoms. The molecule has 0 aliphatic rings. The van der Waals surface area contributed by atoms with Crippen molar-refractivity contribution >= 4 is 11.6 Å². The highest BCUT2D eigenvalue weighted by Crippen LogP contribution is 2.24. The zero-order chi connectivity index (χ0) is 12.1. The molecule has 0 saturated heterocycles. The van der Waals surface area contributed by atoms with Crippen LogP contribution < -0.4 is 0 Å². The highest BCUT2D eigenvalue weighted by molar-refractivity contribution is 6.20. The van der Waals surface area contributed by atoms with E-state index in [0.717, 1.165) is 12.8 Å². The lowest BCUT2D eigenvalue weighted by Crippen LogP contribution is -2.17. The number of alkyl halides is 1. The predicted molar refractivity (Wildman–Crippen MR) is 63.8 cm³/mol. The Balaban J connectivity index is 2.80. The fourth-order valence-electron chi connectivity index (χ4n) is 1.89. The second kappa shape index (κ2) is 6.19. The summed E-state index contributed by atoms with van der Waals surface area (Å²) in [6.45, 7) is 4.09. The number of benzene rings is 1. The van der Waals surface area contributed by atoms with Crippen molar-refractivity contribution in [3.8, 4) is 0 Å². The van der Waals surface area contributed by atoms with Crippen LogP contribution in [0.25, 0.3) is 0 Å². The molecule has 1 rings (SSSR count). The maximum absolute atomic E-state index is 13.4. The van der Waals surface area contributed by atoms with Gasteiger partial charge in [-0.3, -0.25) is 0 Å². The van der Waals surface area contributed by atoms with E-state index in [4.69, 9.17) is 11.6 Å². The SMILES string of the molecule is CCC(CC)C(Cl)Cc1c(F)cccc1F. The topological polar surface area (TPSA) is 0 Å². The van der Waals surface area contributed by atoms with Gasteiger partial charge < -0.3 is 0 Å². The van der Waals surface area contributed by atoms with Crippen molar-refractivity contribution in [3.63, 3.8) is 0 Å². The first kappa shape index (κ1) is 13.4. The van der Waals surface area contributed by atoms with Crippen LogP contribution in [0.2, 0.25) is 0 Å². The van der Waals surface area contributed by atoms with Crippen LogP contribution in [0.1, 0.15) is 32.3 Å². The summed E-state index contributed by atoms with van der Waals surface area (Å²) in [4.78, 5) is 0. The van der Waals surface area contributed by atoms with Crippen LogP contribution in [0, 0.1) is 17.6 Å². The Morgan fingerprint density at radius 2 is 1.62 bits per heavy atom. The van der Waals surface area contributed by atoms with E-state index in [1.165, 1.54) is 18.2 Å². The Bertz CT molecular complexity index is 314. The molecule has 0 radical (unpaired) electrons. The third-order valence-corrected chi connectivity index (χ3v) is 3.53. The highest BCUT2D eigenvalue weighted by Gasteiger charge is 2.19. The van der Waals surface area contributed by atoms with E-state index in [1.54, 1.807) is 0 Å². The predicted octanol–water partition coefficient (Wildman–Crippen LogP) is 4.55. The summed E-state index contributed by atoms with van der Waals surface area (Å²) in [6, 6.07) is 3.92. The van der Waals surface area contributed by atoms with E-state index < -0.39 is 11.6 Å². The lowest BCUT2D eigenvalue weighted by atomic mass is 9.94. The Labute approximate surface area is 101 Å². The van der Waals surface area contributed by atoms with Crippen LogP contribution in [0.4, 0.5) is 8.78 Å². The Hall–Kier alpha value is -0.630. The fraction of sp³-hybridized carbons (Fsp3) is 0.538. The van der Waals surface area contributed by atoms with Gasteiger partial charge in [0.15, 0.2) is 0 Å². The van der Waals surface area contributed by atoms with Crippen LogP contribution in [0.15, 0.2) is 18.2 Å². The first-order chi connectivity index (χ1) is 7.60. The molecular formula is C13H17ClF2. The van der Waals surface area contributed by atoms with Crippen LogP contribution in [0.5, 0.6) is 0 Å². The molecule has 0 aliphatic heterocycles. The zero-order valence-corrected chi connectivity index (χ0v) is 10.4. The summed E-state index contributed by atoms with van der Waals surface area (Å²) in [5.41, 5.74) is 0.106. The second-order valence-electron chi connectivity index (χ2n) is 4.00. The molecule has 1 aromatic rings. The largest absolute Gasteiger partial charge is 0.207 e. The van der Waals surface area contributed by atoms with E-state index >= 15 is 0 Å². The molecular weight excluding hydrogens is 230 g/mol. The van der Waals surface area contributed by atoms with Gasteiger partial charge in [0.05, 0.1) is 0 Å². The third-order valence-electron chi connectivity index (χ3n) is 3.02. The minimum atomic E-state index is -0.503. The van der Waals surface area contributed by atoms with E-state index in [1.807, 2.05) is 13.8 Å². The number of hydrogen-bond acceptors (Lipinski definition) is 0. The maximum atomic E-state index is 13.4. The van der Waals surface area contributed by atoms with Gasteiger partial charge in [-0.2, -0.15) is 0 Å². The molecule has 0 saturated carbocycles. The third kappa shape index (κ3) is 3.18. The summed E-state index contributed by atoms with van der Waals surface area (Å²) < 4.78 is 26.8. The fourth-order valence-corrected chi connectivity index (χ4v) is 2.40. The summed E-state index contributed by atoms with van der Waals surface area (Å²) in [5.74, 6) is -0.700. The molecule has 1 unspecified atom stereocenters. The van der Waals surface area contributed by atoms with E-state index in [0.29, 0.717) is 5.92 Å². The first-order valence-corrected chi connectivity index (χ1v) is 6.10. The summed E-state index contributed by atoms with van der Waals surface area (Å²) >= 11 is 6.19. The van der Waals surface area contributed by atoms with Crippen molar-refractivity contribution in [2.45, 2.75) is 38.5 Å². The van der Waals surface area contributed by atoms with Crippen molar-refractivity contribution in [2.24, 2.45) is 5.92 Å². The molecule has 0 heterocycles. The minimum Gasteiger partial charge on any atom is -0.207 e. The molecule has 1 aromatic carbocycles. The van der Waals surface area contributed by atoms with Gasteiger partial charge in [0, 0.05) is 10.9 Å². The highest BCUT2D eigenvalue weighted by atomic mass is 35.5. The van der Waals surface area contributed by atoms with Crippen molar-refractivity contribution in [1.82, 2.24) is 0 Å². The molecule has 0 nitrogen and oxygen atoms in total. The second-order valence-corrected chi connectivity index (χ2v) is 4.56. The van der Waals surface area contributed by atoms with Crippen molar-refractivity contribution in [2.75, 3.05) is 0 Å². The molecule has 0 fully saturated rings. The molecule has 0 bridgehead atoms. The molecule has 0 aliphatic carbocycles.